The summed E-state index contributed by atoms with van der Waals surface area (Å²) in [5, 5.41) is 3.11. The first-order valence-corrected chi connectivity index (χ1v) is 10.6. The highest BCUT2D eigenvalue weighted by Crippen LogP contribution is 2.24. The molecule has 160 valence electrons. The summed E-state index contributed by atoms with van der Waals surface area (Å²) in [4.78, 5) is 17.3. The Labute approximate surface area is 179 Å². The standard InChI is InChI=1S/C25H33N3O2/c1-17-12-13-22(18(2)16-17)30-15-9-14-28-21-11-8-7-10-20(21)27-23(28)19(3)26-24(29)25(4,5)6/h7-8,10-13,16,19H,9,14-15H2,1-6H3,(H,26,29). The van der Waals surface area contributed by atoms with Crippen LogP contribution in [-0.4, -0.2) is 22.1 Å². The third kappa shape index (κ3) is 5.02. The Hall–Kier alpha value is -2.82. The molecule has 5 nitrogen and oxygen atoms in total. The van der Waals surface area contributed by atoms with Crippen LogP contribution in [0.15, 0.2) is 42.5 Å². The summed E-state index contributed by atoms with van der Waals surface area (Å²) in [6, 6.07) is 14.2. The van der Waals surface area contributed by atoms with Crippen LogP contribution in [-0.2, 0) is 11.3 Å². The second-order valence-corrected chi connectivity index (χ2v) is 9.03. The van der Waals surface area contributed by atoms with Crippen LogP contribution in [0.5, 0.6) is 5.75 Å². The lowest BCUT2D eigenvalue weighted by atomic mass is 9.95. The number of hydrogen-bond donors (Lipinski definition) is 1. The largest absolute Gasteiger partial charge is 0.493 e. The summed E-state index contributed by atoms with van der Waals surface area (Å²) >= 11 is 0. The zero-order valence-electron chi connectivity index (χ0n) is 19.0. The van der Waals surface area contributed by atoms with Crippen molar-refractivity contribution in [1.82, 2.24) is 14.9 Å². The fourth-order valence-electron chi connectivity index (χ4n) is 3.50. The minimum atomic E-state index is -0.440. The van der Waals surface area contributed by atoms with Gasteiger partial charge in [0.2, 0.25) is 5.91 Å². The number of ether oxygens (including phenoxy) is 1. The molecule has 0 fully saturated rings. The first-order valence-electron chi connectivity index (χ1n) is 10.6. The molecule has 1 atom stereocenters. The van der Waals surface area contributed by atoms with Gasteiger partial charge >= 0.3 is 0 Å². The van der Waals surface area contributed by atoms with Crippen LogP contribution in [0.1, 0.15) is 57.1 Å². The van der Waals surface area contributed by atoms with Crippen LogP contribution in [0.25, 0.3) is 11.0 Å². The van der Waals surface area contributed by atoms with Crippen molar-refractivity contribution in [3.63, 3.8) is 0 Å². The first-order chi connectivity index (χ1) is 14.2. The highest BCUT2D eigenvalue weighted by molar-refractivity contribution is 5.82. The number of aromatic nitrogens is 2. The van der Waals surface area contributed by atoms with Crippen LogP contribution in [0.4, 0.5) is 0 Å². The molecule has 0 bridgehead atoms. The van der Waals surface area contributed by atoms with E-state index in [1.807, 2.05) is 52.0 Å². The molecule has 0 aliphatic rings. The molecule has 1 amide bonds. The lowest BCUT2D eigenvalue weighted by Crippen LogP contribution is -2.37. The Kier molecular flexibility index (Phi) is 6.49. The van der Waals surface area contributed by atoms with Crippen LogP contribution in [0, 0.1) is 19.3 Å². The Morgan fingerprint density at radius 1 is 1.17 bits per heavy atom. The number of hydrogen-bond acceptors (Lipinski definition) is 3. The maximum atomic E-state index is 12.5. The van der Waals surface area contributed by atoms with Gasteiger partial charge in [-0.2, -0.15) is 0 Å². The molecule has 0 saturated heterocycles. The van der Waals surface area contributed by atoms with Gasteiger partial charge in [0.1, 0.15) is 11.6 Å². The molecule has 0 radical (unpaired) electrons. The second kappa shape index (κ2) is 8.90. The third-order valence-electron chi connectivity index (χ3n) is 5.21. The number of carbonyl (C=O) groups is 1. The Morgan fingerprint density at radius 3 is 2.60 bits per heavy atom. The number of rotatable bonds is 7. The van der Waals surface area contributed by atoms with E-state index in [0.717, 1.165) is 41.1 Å². The normalized spacial score (nSPS) is 12.7. The predicted molar refractivity (Wildman–Crippen MR) is 122 cm³/mol. The lowest BCUT2D eigenvalue weighted by molar-refractivity contribution is -0.129. The van der Waals surface area contributed by atoms with E-state index in [4.69, 9.17) is 9.72 Å². The van der Waals surface area contributed by atoms with Gasteiger partial charge in [-0.25, -0.2) is 4.98 Å². The maximum Gasteiger partial charge on any atom is 0.225 e. The summed E-state index contributed by atoms with van der Waals surface area (Å²) in [5.74, 6) is 1.83. The fraction of sp³-hybridized carbons (Fsp3) is 0.440. The molecule has 1 aromatic heterocycles. The zero-order valence-corrected chi connectivity index (χ0v) is 19.0. The topological polar surface area (TPSA) is 56.1 Å². The van der Waals surface area contributed by atoms with E-state index in [9.17, 15) is 4.79 Å². The minimum absolute atomic E-state index is 0.0202. The fourth-order valence-corrected chi connectivity index (χ4v) is 3.50. The molecule has 2 aromatic carbocycles. The number of nitrogens with one attached hydrogen (secondary N) is 1. The molecule has 0 saturated carbocycles. The Bertz CT molecular complexity index is 1030. The molecule has 5 heteroatoms. The molecular weight excluding hydrogens is 374 g/mol. The molecule has 3 rings (SSSR count). The van der Waals surface area contributed by atoms with E-state index in [0.29, 0.717) is 6.61 Å². The van der Waals surface area contributed by atoms with E-state index < -0.39 is 5.41 Å². The molecule has 0 aliphatic carbocycles. The van der Waals surface area contributed by atoms with Crippen molar-refractivity contribution in [1.29, 1.82) is 0 Å². The molecule has 30 heavy (non-hydrogen) atoms. The third-order valence-corrected chi connectivity index (χ3v) is 5.21. The number of carbonyl (C=O) groups excluding carboxylic acids is 1. The summed E-state index contributed by atoms with van der Waals surface area (Å²) in [5.41, 5.74) is 3.98. The van der Waals surface area contributed by atoms with Crippen LogP contribution < -0.4 is 10.1 Å². The molecule has 3 aromatic rings. The van der Waals surface area contributed by atoms with Crippen molar-refractivity contribution in [3.05, 3.63) is 59.4 Å². The highest BCUT2D eigenvalue weighted by atomic mass is 16.5. The smallest absolute Gasteiger partial charge is 0.225 e. The zero-order chi connectivity index (χ0) is 21.9. The number of para-hydroxylation sites is 2. The highest BCUT2D eigenvalue weighted by Gasteiger charge is 2.25. The van der Waals surface area contributed by atoms with Gasteiger partial charge in [0.15, 0.2) is 0 Å². The van der Waals surface area contributed by atoms with Gasteiger partial charge in [0, 0.05) is 12.0 Å². The number of imidazole rings is 1. The Morgan fingerprint density at radius 2 is 1.90 bits per heavy atom. The minimum Gasteiger partial charge on any atom is -0.493 e. The average Bonchev–Trinajstić information content (AvgIpc) is 3.04. The van der Waals surface area contributed by atoms with Crippen molar-refractivity contribution in [2.45, 2.75) is 60.5 Å². The summed E-state index contributed by atoms with van der Waals surface area (Å²) < 4.78 is 8.21. The molecule has 1 N–H and O–H groups in total. The van der Waals surface area contributed by atoms with Crippen LogP contribution >= 0.6 is 0 Å². The van der Waals surface area contributed by atoms with E-state index in [2.05, 4.69) is 41.9 Å². The summed E-state index contributed by atoms with van der Waals surface area (Å²) in [7, 11) is 0. The number of fused-ring (bicyclic) bond motifs is 1. The first kappa shape index (κ1) is 21.9. The monoisotopic (exact) mass is 407 g/mol. The van der Waals surface area contributed by atoms with Gasteiger partial charge in [0.25, 0.3) is 0 Å². The lowest BCUT2D eigenvalue weighted by Gasteiger charge is -2.22. The van der Waals surface area contributed by atoms with Crippen LogP contribution in [0.3, 0.4) is 0 Å². The van der Waals surface area contributed by atoms with Crippen molar-refractivity contribution in [2.75, 3.05) is 6.61 Å². The van der Waals surface area contributed by atoms with Gasteiger partial charge in [-0.3, -0.25) is 4.79 Å². The molecule has 0 spiro atoms. The van der Waals surface area contributed by atoms with Gasteiger partial charge < -0.3 is 14.6 Å². The van der Waals surface area contributed by atoms with Crippen molar-refractivity contribution >= 4 is 16.9 Å². The molecule has 0 aliphatic heterocycles. The molecule has 1 heterocycles. The number of benzene rings is 2. The van der Waals surface area contributed by atoms with Crippen LogP contribution in [0.2, 0.25) is 0 Å². The predicted octanol–water partition coefficient (Wildman–Crippen LogP) is 5.35. The Balaban J connectivity index is 1.73. The average molecular weight is 408 g/mol. The van der Waals surface area contributed by atoms with Crippen molar-refractivity contribution in [3.8, 4) is 5.75 Å². The van der Waals surface area contributed by atoms with Gasteiger partial charge in [0.05, 0.1) is 23.7 Å². The van der Waals surface area contributed by atoms with Gasteiger partial charge in [-0.15, -0.1) is 0 Å². The van der Waals surface area contributed by atoms with E-state index in [1.165, 1.54) is 5.56 Å². The summed E-state index contributed by atoms with van der Waals surface area (Å²) in [6.45, 7) is 13.3. The summed E-state index contributed by atoms with van der Waals surface area (Å²) in [6.07, 6.45) is 0.848. The maximum absolute atomic E-state index is 12.5. The van der Waals surface area contributed by atoms with Crippen molar-refractivity contribution < 1.29 is 9.53 Å². The number of nitrogens with zero attached hydrogens (tertiary/aromatic N) is 2. The number of amides is 1. The van der Waals surface area contributed by atoms with E-state index >= 15 is 0 Å². The number of aryl methyl sites for hydroxylation is 3. The quantitative estimate of drug-likeness (QED) is 0.538. The van der Waals surface area contributed by atoms with E-state index in [-0.39, 0.29) is 11.9 Å². The van der Waals surface area contributed by atoms with Crippen molar-refractivity contribution in [2.24, 2.45) is 5.41 Å². The van der Waals surface area contributed by atoms with E-state index in [1.54, 1.807) is 0 Å². The van der Waals surface area contributed by atoms with Gasteiger partial charge in [-0.05, 0) is 51.0 Å². The molecule has 1 unspecified atom stereocenters. The molecular formula is C25H33N3O2. The van der Waals surface area contributed by atoms with Gasteiger partial charge in [-0.1, -0.05) is 50.6 Å². The second-order valence-electron chi connectivity index (χ2n) is 9.03. The SMILES string of the molecule is Cc1ccc(OCCCn2c(C(C)NC(=O)C(C)(C)C)nc3ccccc32)c(C)c1.